The molecule has 0 saturated heterocycles. The van der Waals surface area contributed by atoms with Crippen LogP contribution in [-0.4, -0.2) is 28.5 Å². The van der Waals surface area contributed by atoms with Gasteiger partial charge in [0, 0.05) is 26.2 Å². The lowest BCUT2D eigenvalue weighted by Crippen LogP contribution is -2.30. The van der Waals surface area contributed by atoms with Crippen LogP contribution in [-0.2, 0) is 9.59 Å². The maximum atomic E-state index is 13.4. The minimum Gasteiger partial charge on any atom is -0.321 e. The maximum absolute atomic E-state index is 13.4. The van der Waals surface area contributed by atoms with Crippen molar-refractivity contribution in [2.24, 2.45) is 0 Å². The number of thiazole rings is 1. The van der Waals surface area contributed by atoms with Crippen molar-refractivity contribution >= 4 is 91.1 Å². The van der Waals surface area contributed by atoms with Crippen molar-refractivity contribution < 1.29 is 14.4 Å². The number of aromatic nitrogens is 1. The quantitative estimate of drug-likeness (QED) is 0.114. The summed E-state index contributed by atoms with van der Waals surface area (Å²) in [6.07, 6.45) is 1.49. The normalized spacial score (nSPS) is 11.2. The lowest BCUT2D eigenvalue weighted by atomic mass is 10.1. The monoisotopic (exact) mass is 632 g/mol. The number of hydrogen-bond donors (Lipinski definition) is 3. The molecule has 4 aromatic carbocycles. The fourth-order valence-electron chi connectivity index (χ4n) is 3.81. The Morgan fingerprint density at radius 3 is 2.43 bits per heavy atom. The first-order valence-corrected chi connectivity index (χ1v) is 15.1. The highest BCUT2D eigenvalue weighted by atomic mass is 35.5. The number of nitrogens with one attached hydrogen (secondary N) is 3. The van der Waals surface area contributed by atoms with Gasteiger partial charge in [0.1, 0.15) is 5.70 Å². The van der Waals surface area contributed by atoms with Gasteiger partial charge in [0.2, 0.25) is 5.91 Å². The molecule has 3 N–H and O–H groups in total. The predicted molar refractivity (Wildman–Crippen MR) is 172 cm³/mol. The van der Waals surface area contributed by atoms with Gasteiger partial charge >= 0.3 is 0 Å². The molecule has 0 fully saturated rings. The van der Waals surface area contributed by atoms with E-state index in [4.69, 9.17) is 23.2 Å². The van der Waals surface area contributed by atoms with Gasteiger partial charge in [-0.1, -0.05) is 77.0 Å². The fourth-order valence-corrected chi connectivity index (χ4v) is 5.91. The van der Waals surface area contributed by atoms with Crippen LogP contribution in [0.25, 0.3) is 16.3 Å². The Kier molecular flexibility index (Phi) is 9.55. The molecule has 210 valence electrons. The van der Waals surface area contributed by atoms with Crippen molar-refractivity contribution in [3.63, 3.8) is 0 Å². The molecule has 1 heterocycles. The molecular weight excluding hydrogens is 611 g/mol. The molecule has 0 aliphatic heterocycles. The van der Waals surface area contributed by atoms with Crippen molar-refractivity contribution in [3.8, 4) is 0 Å². The van der Waals surface area contributed by atoms with Gasteiger partial charge in [0.25, 0.3) is 11.8 Å². The van der Waals surface area contributed by atoms with Crippen molar-refractivity contribution in [3.05, 3.63) is 124 Å². The summed E-state index contributed by atoms with van der Waals surface area (Å²) in [6.45, 7) is 0. The third-order valence-corrected chi connectivity index (χ3v) is 8.30. The molecule has 3 amide bonds. The first kappa shape index (κ1) is 29.3. The number of benzene rings is 4. The summed E-state index contributed by atoms with van der Waals surface area (Å²) in [4.78, 5) is 44.0. The molecule has 0 atom stereocenters. The Morgan fingerprint density at radius 2 is 1.64 bits per heavy atom. The summed E-state index contributed by atoms with van der Waals surface area (Å²) in [6, 6.07) is 28.2. The number of nitrogens with zero attached hydrogens (tertiary/aromatic N) is 1. The molecule has 0 saturated carbocycles. The Bertz CT molecular complexity index is 1780. The lowest BCUT2D eigenvalue weighted by molar-refractivity contribution is -0.114. The van der Waals surface area contributed by atoms with Crippen LogP contribution in [0.15, 0.2) is 108 Å². The van der Waals surface area contributed by atoms with E-state index in [1.54, 1.807) is 66.7 Å². The molecule has 5 aromatic rings. The molecule has 0 spiro atoms. The lowest BCUT2D eigenvalue weighted by Gasteiger charge is -2.12. The summed E-state index contributed by atoms with van der Waals surface area (Å²) in [5, 5.41) is 9.65. The largest absolute Gasteiger partial charge is 0.321 e. The molecule has 0 unspecified atom stereocenters. The summed E-state index contributed by atoms with van der Waals surface area (Å²) in [5.74, 6) is -1.05. The number of rotatable bonds is 9. The Hall–Kier alpha value is -4.15. The summed E-state index contributed by atoms with van der Waals surface area (Å²) in [5.41, 5.74) is 2.20. The van der Waals surface area contributed by atoms with Gasteiger partial charge in [-0.2, -0.15) is 0 Å². The summed E-state index contributed by atoms with van der Waals surface area (Å²) in [7, 11) is 0. The molecule has 5 rings (SSSR count). The molecule has 0 radical (unpaired) electrons. The molecule has 0 aliphatic rings. The number of carbonyl (C=O) groups excluding carboxylic acids is 3. The molecular formula is C31H22Cl2N4O3S2. The maximum Gasteiger partial charge on any atom is 0.272 e. The third-order valence-electron chi connectivity index (χ3n) is 5.79. The minimum absolute atomic E-state index is 0.0126. The summed E-state index contributed by atoms with van der Waals surface area (Å²) < 4.78 is 0.996. The second kappa shape index (κ2) is 13.7. The fraction of sp³-hybridized carbons (Fsp3) is 0.0323. The zero-order valence-corrected chi connectivity index (χ0v) is 24.9. The number of carbonyl (C=O) groups is 3. The van der Waals surface area contributed by atoms with E-state index in [1.165, 1.54) is 29.2 Å². The van der Waals surface area contributed by atoms with E-state index < -0.39 is 11.8 Å². The van der Waals surface area contributed by atoms with Crippen molar-refractivity contribution in [2.45, 2.75) is 4.90 Å². The topological polar surface area (TPSA) is 100 Å². The van der Waals surface area contributed by atoms with Crippen LogP contribution < -0.4 is 16.0 Å². The Morgan fingerprint density at radius 1 is 0.857 bits per heavy atom. The highest BCUT2D eigenvalue weighted by molar-refractivity contribution is 8.00. The smallest absolute Gasteiger partial charge is 0.272 e. The number of para-hydroxylation sites is 1. The van der Waals surface area contributed by atoms with Gasteiger partial charge in [-0.15, -0.1) is 11.8 Å². The van der Waals surface area contributed by atoms with Crippen molar-refractivity contribution in [1.29, 1.82) is 0 Å². The average Bonchev–Trinajstić information content (AvgIpc) is 3.40. The molecule has 0 bridgehead atoms. The van der Waals surface area contributed by atoms with Crippen molar-refractivity contribution in [2.75, 3.05) is 16.4 Å². The molecule has 42 heavy (non-hydrogen) atoms. The van der Waals surface area contributed by atoms with Gasteiger partial charge in [-0.3, -0.25) is 14.4 Å². The van der Waals surface area contributed by atoms with E-state index in [0.29, 0.717) is 32.0 Å². The van der Waals surface area contributed by atoms with Gasteiger partial charge in [0.05, 0.1) is 16.0 Å². The van der Waals surface area contributed by atoms with Crippen LogP contribution in [0.3, 0.4) is 0 Å². The Labute approximate surface area is 260 Å². The highest BCUT2D eigenvalue weighted by Gasteiger charge is 2.16. The minimum atomic E-state index is -0.555. The second-order valence-electron chi connectivity index (χ2n) is 8.85. The number of anilines is 2. The zero-order valence-electron chi connectivity index (χ0n) is 21.8. The number of amides is 3. The van der Waals surface area contributed by atoms with Crippen LogP contribution in [0.2, 0.25) is 10.0 Å². The van der Waals surface area contributed by atoms with E-state index in [0.717, 1.165) is 15.1 Å². The third kappa shape index (κ3) is 7.77. The van der Waals surface area contributed by atoms with E-state index in [-0.39, 0.29) is 17.4 Å². The van der Waals surface area contributed by atoms with Crippen LogP contribution in [0.1, 0.15) is 15.9 Å². The Balaban J connectivity index is 1.27. The average molecular weight is 634 g/mol. The SMILES string of the molecule is O=C(CSc1cccc(NC(=O)/C(=C\c2ccc(Cl)cc2Cl)NC(=O)c2ccccc2)c1)Nc1nc2ccccc2s1. The molecule has 11 heteroatoms. The van der Waals surface area contributed by atoms with Crippen LogP contribution in [0.5, 0.6) is 0 Å². The van der Waals surface area contributed by atoms with E-state index >= 15 is 0 Å². The van der Waals surface area contributed by atoms with Gasteiger partial charge < -0.3 is 16.0 Å². The van der Waals surface area contributed by atoms with E-state index in [2.05, 4.69) is 20.9 Å². The zero-order chi connectivity index (χ0) is 29.5. The number of fused-ring (bicyclic) bond motifs is 1. The van der Waals surface area contributed by atoms with Gasteiger partial charge in [-0.05, 0) is 66.2 Å². The molecule has 0 aliphatic carbocycles. The van der Waals surface area contributed by atoms with Crippen molar-refractivity contribution in [1.82, 2.24) is 10.3 Å². The number of thioether (sulfide) groups is 1. The second-order valence-corrected chi connectivity index (χ2v) is 11.8. The van der Waals surface area contributed by atoms with Gasteiger partial charge in [0.15, 0.2) is 5.13 Å². The number of halogens is 2. The van der Waals surface area contributed by atoms with E-state index in [1.807, 2.05) is 30.3 Å². The first-order valence-electron chi connectivity index (χ1n) is 12.6. The van der Waals surface area contributed by atoms with Gasteiger partial charge in [-0.25, -0.2) is 4.98 Å². The number of hydrogen-bond acceptors (Lipinski definition) is 6. The molecule has 1 aromatic heterocycles. The van der Waals surface area contributed by atoms with Crippen LogP contribution in [0.4, 0.5) is 10.8 Å². The van der Waals surface area contributed by atoms with Crippen LogP contribution >= 0.6 is 46.3 Å². The molecule has 7 nitrogen and oxygen atoms in total. The predicted octanol–water partition coefficient (Wildman–Crippen LogP) is 7.74. The van der Waals surface area contributed by atoms with E-state index in [9.17, 15) is 14.4 Å². The van der Waals surface area contributed by atoms with Crippen LogP contribution in [0, 0.1) is 0 Å². The first-order chi connectivity index (χ1) is 20.3. The standard InChI is InChI=1S/C31H22Cl2N4O3S2/c32-21-14-13-20(24(33)16-21)15-26(35-29(39)19-7-2-1-3-8-19)30(40)34-22-9-6-10-23(17-22)41-18-28(38)37-31-36-25-11-4-5-12-27(25)42-31/h1-17H,18H2,(H,34,40)(H,35,39)(H,36,37,38)/b26-15+. The summed E-state index contributed by atoms with van der Waals surface area (Å²) >= 11 is 15.1. The highest BCUT2D eigenvalue weighted by Crippen LogP contribution is 2.27.